The Morgan fingerprint density at radius 3 is 2.27 bits per heavy atom. The van der Waals surface area contributed by atoms with Gasteiger partial charge in [-0.1, -0.05) is 0 Å². The second-order valence-electron chi connectivity index (χ2n) is 2.40. The van der Waals surface area contributed by atoms with Crippen LogP contribution in [0.5, 0.6) is 0 Å². The Bertz CT molecular complexity index is 401. The average molecular weight is 251 g/mol. The van der Waals surface area contributed by atoms with Gasteiger partial charge in [-0.2, -0.15) is 0 Å². The third-order valence-electron chi connectivity index (χ3n) is 1.28. The molecule has 0 fully saturated rings. The number of nitrogens with zero attached hydrogens (tertiary/aromatic N) is 1. The predicted octanol–water partition coefficient (Wildman–Crippen LogP) is 1.71. The minimum Gasteiger partial charge on any atom is -0.302 e. The smallest absolute Gasteiger partial charge is 0.302 e. The van der Waals surface area contributed by atoms with Crippen molar-refractivity contribution in [2.24, 2.45) is 0 Å². The minimum atomic E-state index is -4.53. The Labute approximate surface area is 88.7 Å². The van der Waals surface area contributed by atoms with Gasteiger partial charge >= 0.3 is 7.82 Å². The zero-order valence-electron chi connectivity index (χ0n) is 7.14. The van der Waals surface area contributed by atoms with Crippen molar-refractivity contribution < 1.29 is 23.2 Å². The average Bonchev–Trinajstić information content (AvgIpc) is 2.14. The molecule has 1 aromatic rings. The fourth-order valence-electron chi connectivity index (χ4n) is 0.715. The standard InChI is InChI=1S/C6H6NO6PS/c8-7(9)5-1-3-6(4-2-5)15-13-14(10,11)12/h1-4H,(H2,10,11,12). The van der Waals surface area contributed by atoms with Crippen LogP contribution in [-0.2, 0) is 8.54 Å². The molecule has 0 saturated carbocycles. The quantitative estimate of drug-likeness (QED) is 0.362. The van der Waals surface area contributed by atoms with Crippen LogP contribution in [-0.4, -0.2) is 14.7 Å². The molecule has 0 aromatic heterocycles. The monoisotopic (exact) mass is 251 g/mol. The SMILES string of the molecule is O=[N+]([O-])c1ccc(SOP(=O)(O)O)cc1. The van der Waals surface area contributed by atoms with Crippen LogP contribution < -0.4 is 0 Å². The molecule has 1 rings (SSSR count). The highest BCUT2D eigenvalue weighted by molar-refractivity contribution is 7.97. The van der Waals surface area contributed by atoms with Crippen LogP contribution in [0.25, 0.3) is 0 Å². The first-order valence-electron chi connectivity index (χ1n) is 3.55. The van der Waals surface area contributed by atoms with Crippen molar-refractivity contribution in [2.45, 2.75) is 4.90 Å². The number of nitro groups is 1. The zero-order chi connectivity index (χ0) is 11.5. The summed E-state index contributed by atoms with van der Waals surface area (Å²) in [7, 11) is -4.53. The van der Waals surface area contributed by atoms with Crippen LogP contribution in [0, 0.1) is 10.1 Å². The molecule has 0 bridgehead atoms. The number of non-ortho nitro benzene ring substituents is 1. The molecule has 0 saturated heterocycles. The van der Waals surface area contributed by atoms with Crippen molar-refractivity contribution in [1.29, 1.82) is 0 Å². The lowest BCUT2D eigenvalue weighted by atomic mass is 10.3. The topological polar surface area (TPSA) is 110 Å². The van der Waals surface area contributed by atoms with Gasteiger partial charge in [-0.25, -0.2) is 8.54 Å². The van der Waals surface area contributed by atoms with E-state index in [-0.39, 0.29) is 5.69 Å². The lowest BCUT2D eigenvalue weighted by molar-refractivity contribution is -0.384. The first-order valence-corrected chi connectivity index (χ1v) is 5.82. The molecule has 2 N–H and O–H groups in total. The molecule has 0 aliphatic rings. The van der Waals surface area contributed by atoms with E-state index in [9.17, 15) is 14.7 Å². The first kappa shape index (κ1) is 12.2. The molecule has 9 heteroatoms. The van der Waals surface area contributed by atoms with Crippen LogP contribution in [0.3, 0.4) is 0 Å². The van der Waals surface area contributed by atoms with Crippen molar-refractivity contribution in [2.75, 3.05) is 0 Å². The molecule has 0 amide bonds. The van der Waals surface area contributed by atoms with Crippen molar-refractivity contribution in [3.8, 4) is 0 Å². The third-order valence-corrected chi connectivity index (χ3v) is 2.82. The van der Waals surface area contributed by atoms with E-state index in [2.05, 4.69) is 3.97 Å². The largest absolute Gasteiger partial charge is 0.481 e. The van der Waals surface area contributed by atoms with Gasteiger partial charge < -0.3 is 9.79 Å². The van der Waals surface area contributed by atoms with E-state index in [1.54, 1.807) is 0 Å². The second kappa shape index (κ2) is 4.73. The normalized spacial score (nSPS) is 11.3. The summed E-state index contributed by atoms with van der Waals surface area (Å²) >= 11 is 0.462. The summed E-state index contributed by atoms with van der Waals surface area (Å²) < 4.78 is 14.5. The molecular formula is C6H6NO6PS. The molecule has 0 unspecified atom stereocenters. The van der Waals surface area contributed by atoms with Gasteiger partial charge in [-0.3, -0.25) is 10.1 Å². The van der Waals surface area contributed by atoms with Crippen molar-refractivity contribution in [3.63, 3.8) is 0 Å². The van der Waals surface area contributed by atoms with Crippen LogP contribution >= 0.6 is 19.9 Å². The zero-order valence-corrected chi connectivity index (χ0v) is 8.85. The van der Waals surface area contributed by atoms with Crippen LogP contribution in [0.2, 0.25) is 0 Å². The van der Waals surface area contributed by atoms with Gasteiger partial charge in [-0.05, 0) is 12.1 Å². The maximum absolute atomic E-state index is 10.3. The molecule has 0 radical (unpaired) electrons. The second-order valence-corrected chi connectivity index (χ2v) is 4.61. The Hall–Kier alpha value is -0.920. The highest BCUT2D eigenvalue weighted by atomic mass is 32.2. The van der Waals surface area contributed by atoms with Crippen molar-refractivity contribution in [1.82, 2.24) is 0 Å². The number of hydrogen-bond acceptors (Lipinski definition) is 5. The van der Waals surface area contributed by atoms with Crippen LogP contribution in [0.15, 0.2) is 29.2 Å². The maximum Gasteiger partial charge on any atom is 0.481 e. The Morgan fingerprint density at radius 1 is 1.33 bits per heavy atom. The fourth-order valence-corrected chi connectivity index (χ4v) is 1.69. The molecule has 0 aliphatic heterocycles. The van der Waals surface area contributed by atoms with Gasteiger partial charge in [0.05, 0.1) is 4.92 Å². The number of phosphoric acid groups is 1. The van der Waals surface area contributed by atoms with Crippen LogP contribution in [0.4, 0.5) is 5.69 Å². The lowest BCUT2D eigenvalue weighted by Gasteiger charge is -2.02. The van der Waals surface area contributed by atoms with E-state index >= 15 is 0 Å². The lowest BCUT2D eigenvalue weighted by Crippen LogP contribution is -1.86. The Morgan fingerprint density at radius 2 is 1.87 bits per heavy atom. The number of benzene rings is 1. The maximum atomic E-state index is 10.3. The molecule has 82 valence electrons. The predicted molar refractivity (Wildman–Crippen MR) is 52.1 cm³/mol. The van der Waals surface area contributed by atoms with Gasteiger partial charge in [-0.15, -0.1) is 0 Å². The van der Waals surface area contributed by atoms with E-state index in [4.69, 9.17) is 9.79 Å². The summed E-state index contributed by atoms with van der Waals surface area (Å²) in [4.78, 5) is 26.8. The number of nitro benzene ring substituents is 1. The third kappa shape index (κ3) is 4.41. The first-order chi connectivity index (χ1) is 6.88. The van der Waals surface area contributed by atoms with E-state index in [1.807, 2.05) is 0 Å². The molecule has 0 aliphatic carbocycles. The molecule has 0 atom stereocenters. The summed E-state index contributed by atoms with van der Waals surface area (Å²) in [5, 5.41) is 10.3. The van der Waals surface area contributed by atoms with E-state index in [0.29, 0.717) is 16.9 Å². The summed E-state index contributed by atoms with van der Waals surface area (Å²) in [6.07, 6.45) is 0. The Balaban J connectivity index is 2.65. The molecule has 1 aromatic carbocycles. The highest BCUT2D eigenvalue weighted by Gasteiger charge is 2.15. The summed E-state index contributed by atoms with van der Waals surface area (Å²) in [6.45, 7) is 0. The number of hydrogen-bond donors (Lipinski definition) is 2. The number of rotatable bonds is 4. The summed E-state index contributed by atoms with van der Waals surface area (Å²) in [6, 6.07) is 5.09. The molecule has 0 heterocycles. The minimum absolute atomic E-state index is 0.101. The van der Waals surface area contributed by atoms with Crippen molar-refractivity contribution in [3.05, 3.63) is 34.4 Å². The molecule has 0 spiro atoms. The van der Waals surface area contributed by atoms with Gasteiger partial charge in [0, 0.05) is 29.1 Å². The summed E-state index contributed by atoms with van der Waals surface area (Å²) in [5.74, 6) is 0. The Kier molecular flexibility index (Phi) is 3.83. The highest BCUT2D eigenvalue weighted by Crippen LogP contribution is 2.43. The summed E-state index contributed by atoms with van der Waals surface area (Å²) in [5.41, 5.74) is -0.101. The van der Waals surface area contributed by atoms with E-state index in [0.717, 1.165) is 0 Å². The van der Waals surface area contributed by atoms with Crippen LogP contribution in [0.1, 0.15) is 0 Å². The molecule has 7 nitrogen and oxygen atoms in total. The van der Waals surface area contributed by atoms with Gasteiger partial charge in [0.1, 0.15) is 0 Å². The molecule has 15 heavy (non-hydrogen) atoms. The van der Waals surface area contributed by atoms with Gasteiger partial charge in [0.15, 0.2) is 0 Å². The fraction of sp³-hybridized carbons (Fsp3) is 0. The van der Waals surface area contributed by atoms with Gasteiger partial charge in [0.25, 0.3) is 5.69 Å². The van der Waals surface area contributed by atoms with Crippen molar-refractivity contribution >= 4 is 25.6 Å². The van der Waals surface area contributed by atoms with E-state index < -0.39 is 12.7 Å². The van der Waals surface area contributed by atoms with Gasteiger partial charge in [0.2, 0.25) is 0 Å². The van der Waals surface area contributed by atoms with E-state index in [1.165, 1.54) is 24.3 Å². The molecular weight excluding hydrogens is 245 g/mol.